The SMILES string of the molecule is CC(C)C1=C2[C@H]3CCC4[C@@H]5[C@H](O[C@@H]6OC[C@@H](O)[C@H](O[C@@H]4O)C65O)[C@]3(C)CC[C@@]2(C)CC1. The standard InChI is InChI=1S/C25H38O6/c1-12(2)13-7-8-23(3)9-10-24(4)15(17(13)23)6-5-14-18-20(24)31-22-25(18,28)19(30-21(14)27)16(26)11-29-22/h12,14-16,18-22,26-28H,5-11H2,1-4H3/t14?,15-,16-,18-,19+,20+,21+,22+,23-,24-,25?/m1/s1. The van der Waals surface area contributed by atoms with Crippen molar-refractivity contribution in [2.75, 3.05) is 6.61 Å². The first-order valence-corrected chi connectivity index (χ1v) is 12.4. The molecule has 11 atom stereocenters. The molecule has 0 radical (unpaired) electrons. The normalized spacial score (nSPS) is 58.1. The third kappa shape index (κ3) is 2.50. The summed E-state index contributed by atoms with van der Waals surface area (Å²) in [6, 6.07) is 0. The van der Waals surface area contributed by atoms with Crippen LogP contribution in [-0.4, -0.2) is 58.4 Å². The molecule has 3 heterocycles. The van der Waals surface area contributed by atoms with E-state index in [1.165, 1.54) is 12.8 Å². The van der Waals surface area contributed by atoms with Gasteiger partial charge in [0.25, 0.3) is 0 Å². The van der Waals surface area contributed by atoms with Crippen LogP contribution in [0.4, 0.5) is 0 Å². The molecule has 0 bridgehead atoms. The van der Waals surface area contributed by atoms with Crippen LogP contribution in [0.25, 0.3) is 0 Å². The number of hydrogen-bond acceptors (Lipinski definition) is 6. The molecule has 174 valence electrons. The number of fused-ring (bicyclic) bond motifs is 4. The Morgan fingerprint density at radius 2 is 1.77 bits per heavy atom. The Morgan fingerprint density at radius 1 is 1.00 bits per heavy atom. The number of aliphatic hydroxyl groups is 3. The molecule has 0 aromatic heterocycles. The molecule has 31 heavy (non-hydrogen) atoms. The molecule has 6 aliphatic rings. The molecule has 6 rings (SSSR count). The van der Waals surface area contributed by atoms with E-state index in [0.717, 1.165) is 25.7 Å². The van der Waals surface area contributed by atoms with Crippen LogP contribution in [0.5, 0.6) is 0 Å². The molecule has 3 aliphatic heterocycles. The zero-order valence-electron chi connectivity index (χ0n) is 19.2. The number of ether oxygens (including phenoxy) is 3. The summed E-state index contributed by atoms with van der Waals surface area (Å²) in [7, 11) is 0. The zero-order chi connectivity index (χ0) is 21.9. The molecule has 6 nitrogen and oxygen atoms in total. The van der Waals surface area contributed by atoms with Crippen molar-refractivity contribution in [1.29, 1.82) is 0 Å². The molecule has 0 amide bonds. The third-order valence-corrected chi connectivity index (χ3v) is 10.3. The molecule has 3 N–H and O–H groups in total. The van der Waals surface area contributed by atoms with Gasteiger partial charge >= 0.3 is 0 Å². The van der Waals surface area contributed by atoms with Crippen LogP contribution < -0.4 is 0 Å². The molecule has 0 aromatic carbocycles. The van der Waals surface area contributed by atoms with Crippen LogP contribution >= 0.6 is 0 Å². The van der Waals surface area contributed by atoms with Crippen LogP contribution in [0, 0.1) is 34.5 Å². The highest BCUT2D eigenvalue weighted by atomic mass is 16.7. The lowest BCUT2D eigenvalue weighted by Crippen LogP contribution is -2.70. The molecule has 2 saturated carbocycles. The Hall–Kier alpha value is -0.500. The Labute approximate surface area is 184 Å². The van der Waals surface area contributed by atoms with Gasteiger partial charge in [-0.2, -0.15) is 0 Å². The van der Waals surface area contributed by atoms with Gasteiger partial charge in [-0.3, -0.25) is 0 Å². The first kappa shape index (κ1) is 21.1. The zero-order valence-corrected chi connectivity index (χ0v) is 19.2. The topological polar surface area (TPSA) is 88.4 Å². The average Bonchev–Trinajstić information content (AvgIpc) is 3.18. The second-order valence-electron chi connectivity index (χ2n) is 12.1. The van der Waals surface area contributed by atoms with E-state index in [-0.39, 0.29) is 35.4 Å². The number of allylic oxidation sites excluding steroid dienone is 2. The monoisotopic (exact) mass is 434 g/mol. The summed E-state index contributed by atoms with van der Waals surface area (Å²) in [5.41, 5.74) is 1.97. The highest BCUT2D eigenvalue weighted by Crippen LogP contribution is 2.68. The first-order chi connectivity index (χ1) is 14.6. The van der Waals surface area contributed by atoms with E-state index in [4.69, 9.17) is 14.2 Å². The lowest BCUT2D eigenvalue weighted by atomic mass is 9.53. The third-order valence-electron chi connectivity index (χ3n) is 10.3. The van der Waals surface area contributed by atoms with E-state index in [1.54, 1.807) is 11.1 Å². The summed E-state index contributed by atoms with van der Waals surface area (Å²) >= 11 is 0. The summed E-state index contributed by atoms with van der Waals surface area (Å²) < 4.78 is 18.3. The Bertz CT molecular complexity index is 810. The summed E-state index contributed by atoms with van der Waals surface area (Å²) in [5.74, 6) is 0.396. The van der Waals surface area contributed by atoms with Crippen molar-refractivity contribution in [3.05, 3.63) is 11.1 Å². The highest BCUT2D eigenvalue weighted by molar-refractivity contribution is 5.36. The minimum atomic E-state index is -1.42. The molecule has 3 saturated heterocycles. The van der Waals surface area contributed by atoms with Crippen molar-refractivity contribution < 1.29 is 29.5 Å². The van der Waals surface area contributed by atoms with Gasteiger partial charge in [-0.25, -0.2) is 0 Å². The molecular weight excluding hydrogens is 396 g/mol. The van der Waals surface area contributed by atoms with Crippen molar-refractivity contribution in [2.45, 2.75) is 103 Å². The molecule has 5 fully saturated rings. The Kier molecular flexibility index (Phi) is 4.45. The van der Waals surface area contributed by atoms with E-state index < -0.39 is 30.4 Å². The van der Waals surface area contributed by atoms with E-state index in [1.807, 2.05) is 0 Å². The van der Waals surface area contributed by atoms with Gasteiger partial charge in [0.2, 0.25) is 0 Å². The van der Waals surface area contributed by atoms with E-state index in [9.17, 15) is 15.3 Å². The maximum atomic E-state index is 11.9. The van der Waals surface area contributed by atoms with Crippen LogP contribution in [0.2, 0.25) is 0 Å². The molecule has 2 unspecified atom stereocenters. The predicted octanol–water partition coefficient (Wildman–Crippen LogP) is 2.75. The largest absolute Gasteiger partial charge is 0.388 e. The lowest BCUT2D eigenvalue weighted by Gasteiger charge is -2.54. The highest BCUT2D eigenvalue weighted by Gasteiger charge is 2.74. The van der Waals surface area contributed by atoms with Gasteiger partial charge < -0.3 is 29.5 Å². The van der Waals surface area contributed by atoms with Crippen molar-refractivity contribution in [1.82, 2.24) is 0 Å². The quantitative estimate of drug-likeness (QED) is 0.550. The Morgan fingerprint density at radius 3 is 2.52 bits per heavy atom. The lowest BCUT2D eigenvalue weighted by molar-refractivity contribution is -0.354. The summed E-state index contributed by atoms with van der Waals surface area (Å²) in [4.78, 5) is 0. The molecule has 0 aromatic rings. The fourth-order valence-corrected chi connectivity index (χ4v) is 8.68. The number of hydrogen-bond donors (Lipinski definition) is 3. The molecule has 3 aliphatic carbocycles. The van der Waals surface area contributed by atoms with Gasteiger partial charge in [0.05, 0.1) is 12.7 Å². The van der Waals surface area contributed by atoms with Gasteiger partial charge in [0.15, 0.2) is 12.6 Å². The summed E-state index contributed by atoms with van der Waals surface area (Å²) in [6.45, 7) is 9.48. The minimum absolute atomic E-state index is 0.0509. The second kappa shape index (κ2) is 6.55. The maximum Gasteiger partial charge on any atom is 0.189 e. The number of rotatable bonds is 1. The number of aliphatic hydroxyl groups excluding tert-OH is 2. The van der Waals surface area contributed by atoms with Crippen molar-refractivity contribution in [2.24, 2.45) is 34.5 Å². The van der Waals surface area contributed by atoms with Gasteiger partial charge in [0.1, 0.15) is 17.8 Å². The summed E-state index contributed by atoms with van der Waals surface area (Å²) in [5, 5.41) is 33.5. The van der Waals surface area contributed by atoms with Crippen LogP contribution in [0.3, 0.4) is 0 Å². The summed E-state index contributed by atoms with van der Waals surface area (Å²) in [6.07, 6.45) is 2.49. The van der Waals surface area contributed by atoms with Gasteiger partial charge in [0, 0.05) is 17.3 Å². The van der Waals surface area contributed by atoms with Crippen LogP contribution in [-0.2, 0) is 14.2 Å². The predicted molar refractivity (Wildman–Crippen MR) is 113 cm³/mol. The van der Waals surface area contributed by atoms with Crippen LogP contribution in [0.15, 0.2) is 11.1 Å². The van der Waals surface area contributed by atoms with Crippen molar-refractivity contribution in [3.63, 3.8) is 0 Å². The molecular formula is C25H38O6. The van der Waals surface area contributed by atoms with E-state index in [0.29, 0.717) is 11.8 Å². The van der Waals surface area contributed by atoms with Gasteiger partial charge in [-0.05, 0) is 55.8 Å². The smallest absolute Gasteiger partial charge is 0.189 e. The fraction of sp³-hybridized carbons (Fsp3) is 0.920. The van der Waals surface area contributed by atoms with Crippen LogP contribution in [0.1, 0.15) is 66.2 Å². The second-order valence-corrected chi connectivity index (χ2v) is 12.1. The Balaban J connectivity index is 1.49. The molecule has 0 spiro atoms. The van der Waals surface area contributed by atoms with Crippen molar-refractivity contribution >= 4 is 0 Å². The minimum Gasteiger partial charge on any atom is -0.388 e. The maximum absolute atomic E-state index is 11.9. The average molecular weight is 435 g/mol. The van der Waals surface area contributed by atoms with Gasteiger partial charge in [-0.1, -0.05) is 38.8 Å². The van der Waals surface area contributed by atoms with Gasteiger partial charge in [-0.15, -0.1) is 0 Å². The van der Waals surface area contributed by atoms with E-state index >= 15 is 0 Å². The van der Waals surface area contributed by atoms with E-state index in [2.05, 4.69) is 27.7 Å². The fourth-order valence-electron chi connectivity index (χ4n) is 8.68. The van der Waals surface area contributed by atoms with Crippen molar-refractivity contribution in [3.8, 4) is 0 Å². The first-order valence-electron chi connectivity index (χ1n) is 12.4. The molecule has 6 heteroatoms.